The van der Waals surface area contributed by atoms with Crippen molar-refractivity contribution in [3.63, 3.8) is 0 Å². The van der Waals surface area contributed by atoms with E-state index in [4.69, 9.17) is 0 Å². The van der Waals surface area contributed by atoms with Crippen LogP contribution in [0.3, 0.4) is 0 Å². The molecular formula is C16H22ClFN2O. The Bertz CT molecular complexity index is 505. The molecule has 2 rings (SSSR count). The van der Waals surface area contributed by atoms with Gasteiger partial charge in [-0.05, 0) is 30.5 Å². The minimum absolute atomic E-state index is 0. The van der Waals surface area contributed by atoms with Gasteiger partial charge < -0.3 is 10.6 Å². The highest BCUT2D eigenvalue weighted by Crippen LogP contribution is 2.21. The lowest BCUT2D eigenvalue weighted by atomic mass is 9.97. The number of carbonyl (C=O) groups is 1. The summed E-state index contributed by atoms with van der Waals surface area (Å²) in [5.41, 5.74) is 1.86. The molecule has 1 aliphatic rings. The number of hydrogen-bond acceptors (Lipinski definition) is 2. The average Bonchev–Trinajstić information content (AvgIpc) is 2.46. The van der Waals surface area contributed by atoms with E-state index in [1.54, 1.807) is 18.2 Å². The first kappa shape index (κ1) is 17.7. The summed E-state index contributed by atoms with van der Waals surface area (Å²) in [5.74, 6) is -0.382. The van der Waals surface area contributed by atoms with E-state index in [0.717, 1.165) is 19.5 Å². The first-order chi connectivity index (χ1) is 9.66. The average molecular weight is 313 g/mol. The molecule has 1 amide bonds. The predicted molar refractivity (Wildman–Crippen MR) is 85.3 cm³/mol. The summed E-state index contributed by atoms with van der Waals surface area (Å²) in [6, 6.07) is 6.63. The molecule has 2 N–H and O–H groups in total. The first-order valence-corrected chi connectivity index (χ1v) is 7.06. The van der Waals surface area contributed by atoms with Gasteiger partial charge >= 0.3 is 0 Å². The molecule has 21 heavy (non-hydrogen) atoms. The van der Waals surface area contributed by atoms with Crippen molar-refractivity contribution in [2.45, 2.75) is 25.7 Å². The Morgan fingerprint density at radius 2 is 2.19 bits per heavy atom. The first-order valence-electron chi connectivity index (χ1n) is 7.06. The third-order valence-electron chi connectivity index (χ3n) is 3.60. The SMILES string of the molecule is CC(CC(=O)NCC1=CCNCC1)c1ccccc1F.Cl. The third-order valence-corrected chi connectivity index (χ3v) is 3.60. The van der Waals surface area contributed by atoms with Gasteiger partial charge in [-0.3, -0.25) is 4.79 Å². The number of benzene rings is 1. The van der Waals surface area contributed by atoms with Crippen molar-refractivity contribution in [1.29, 1.82) is 0 Å². The highest BCUT2D eigenvalue weighted by molar-refractivity contribution is 5.85. The molecule has 1 atom stereocenters. The second-order valence-electron chi connectivity index (χ2n) is 5.22. The van der Waals surface area contributed by atoms with Crippen molar-refractivity contribution < 1.29 is 9.18 Å². The Hall–Kier alpha value is -1.39. The highest BCUT2D eigenvalue weighted by atomic mass is 35.5. The molecule has 0 aliphatic carbocycles. The number of hydrogen-bond donors (Lipinski definition) is 2. The van der Waals surface area contributed by atoms with Crippen LogP contribution >= 0.6 is 12.4 Å². The number of nitrogens with one attached hydrogen (secondary N) is 2. The maximum absolute atomic E-state index is 13.6. The molecule has 0 aromatic heterocycles. The van der Waals surface area contributed by atoms with Crippen LogP contribution in [0.1, 0.15) is 31.2 Å². The van der Waals surface area contributed by atoms with Crippen LogP contribution in [0.4, 0.5) is 4.39 Å². The number of carbonyl (C=O) groups excluding carboxylic acids is 1. The standard InChI is InChI=1S/C16H21FN2O.ClH/c1-12(14-4-2-3-5-15(14)17)10-16(20)19-11-13-6-8-18-9-7-13;/h2-6,12,18H,7-11H2,1H3,(H,19,20);1H. The molecule has 0 spiro atoms. The van der Waals surface area contributed by atoms with Gasteiger partial charge in [0.05, 0.1) is 0 Å². The van der Waals surface area contributed by atoms with Crippen LogP contribution in [-0.2, 0) is 4.79 Å². The summed E-state index contributed by atoms with van der Waals surface area (Å²) < 4.78 is 13.6. The second kappa shape index (κ2) is 8.80. The summed E-state index contributed by atoms with van der Waals surface area (Å²) in [5, 5.41) is 6.15. The summed E-state index contributed by atoms with van der Waals surface area (Å²) >= 11 is 0. The van der Waals surface area contributed by atoms with E-state index in [1.165, 1.54) is 11.6 Å². The molecule has 1 unspecified atom stereocenters. The Morgan fingerprint density at radius 1 is 1.43 bits per heavy atom. The normalized spacial score (nSPS) is 15.6. The maximum atomic E-state index is 13.6. The van der Waals surface area contributed by atoms with Crippen LogP contribution in [0.2, 0.25) is 0 Å². The molecule has 0 saturated heterocycles. The molecule has 1 aromatic rings. The van der Waals surface area contributed by atoms with Crippen LogP contribution in [-0.4, -0.2) is 25.5 Å². The van der Waals surface area contributed by atoms with E-state index < -0.39 is 0 Å². The fraction of sp³-hybridized carbons (Fsp3) is 0.438. The lowest BCUT2D eigenvalue weighted by Gasteiger charge is -2.16. The van der Waals surface area contributed by atoms with Gasteiger partial charge in [0.1, 0.15) is 5.82 Å². The molecule has 116 valence electrons. The van der Waals surface area contributed by atoms with Crippen molar-refractivity contribution in [3.05, 3.63) is 47.3 Å². The highest BCUT2D eigenvalue weighted by Gasteiger charge is 2.14. The lowest BCUT2D eigenvalue weighted by molar-refractivity contribution is -0.121. The van der Waals surface area contributed by atoms with Gasteiger partial charge in [-0.2, -0.15) is 0 Å². The minimum atomic E-state index is -0.242. The Labute approximate surface area is 131 Å². The molecule has 1 aliphatic heterocycles. The van der Waals surface area contributed by atoms with Crippen molar-refractivity contribution in [1.82, 2.24) is 10.6 Å². The molecule has 0 saturated carbocycles. The number of amides is 1. The molecule has 1 aromatic carbocycles. The van der Waals surface area contributed by atoms with Crippen LogP contribution < -0.4 is 10.6 Å². The predicted octanol–water partition coefficient (Wildman–Crippen LogP) is 2.78. The smallest absolute Gasteiger partial charge is 0.220 e. The molecule has 0 fully saturated rings. The fourth-order valence-electron chi connectivity index (χ4n) is 2.38. The largest absolute Gasteiger partial charge is 0.352 e. The van der Waals surface area contributed by atoms with Crippen LogP contribution in [0, 0.1) is 5.82 Å². The van der Waals surface area contributed by atoms with E-state index >= 15 is 0 Å². The lowest BCUT2D eigenvalue weighted by Crippen LogP contribution is -2.30. The van der Waals surface area contributed by atoms with E-state index in [9.17, 15) is 9.18 Å². The topological polar surface area (TPSA) is 41.1 Å². The summed E-state index contributed by atoms with van der Waals surface area (Å²) in [7, 11) is 0. The van der Waals surface area contributed by atoms with Crippen LogP contribution in [0.5, 0.6) is 0 Å². The summed E-state index contributed by atoms with van der Waals surface area (Å²) in [6.45, 7) is 4.32. The van der Waals surface area contributed by atoms with Crippen LogP contribution in [0.15, 0.2) is 35.9 Å². The van der Waals surface area contributed by atoms with E-state index in [0.29, 0.717) is 18.5 Å². The van der Waals surface area contributed by atoms with Crippen molar-refractivity contribution in [3.8, 4) is 0 Å². The number of halogens is 2. The fourth-order valence-corrected chi connectivity index (χ4v) is 2.38. The third kappa shape index (κ3) is 5.48. The van der Waals surface area contributed by atoms with Gasteiger partial charge in [0.2, 0.25) is 5.91 Å². The number of rotatable bonds is 5. The van der Waals surface area contributed by atoms with Gasteiger partial charge in [0.15, 0.2) is 0 Å². The van der Waals surface area contributed by atoms with Crippen molar-refractivity contribution in [2.24, 2.45) is 0 Å². The zero-order valence-corrected chi connectivity index (χ0v) is 13.0. The van der Waals surface area contributed by atoms with Crippen molar-refractivity contribution in [2.75, 3.05) is 19.6 Å². The van der Waals surface area contributed by atoms with E-state index in [1.807, 2.05) is 6.92 Å². The zero-order valence-electron chi connectivity index (χ0n) is 12.2. The maximum Gasteiger partial charge on any atom is 0.220 e. The molecular weight excluding hydrogens is 291 g/mol. The molecule has 5 heteroatoms. The van der Waals surface area contributed by atoms with E-state index in [-0.39, 0.29) is 30.0 Å². The van der Waals surface area contributed by atoms with Gasteiger partial charge in [0, 0.05) is 19.5 Å². The molecule has 1 heterocycles. The molecule has 0 bridgehead atoms. The molecule has 0 radical (unpaired) electrons. The van der Waals surface area contributed by atoms with Crippen molar-refractivity contribution >= 4 is 18.3 Å². The summed E-state index contributed by atoms with van der Waals surface area (Å²) in [4.78, 5) is 11.9. The van der Waals surface area contributed by atoms with Gasteiger partial charge in [-0.25, -0.2) is 4.39 Å². The van der Waals surface area contributed by atoms with E-state index in [2.05, 4.69) is 16.7 Å². The second-order valence-corrected chi connectivity index (χ2v) is 5.22. The Balaban J connectivity index is 0.00000220. The van der Waals surface area contributed by atoms with Crippen LogP contribution in [0.25, 0.3) is 0 Å². The molecule has 3 nitrogen and oxygen atoms in total. The van der Waals surface area contributed by atoms with Gasteiger partial charge in [-0.15, -0.1) is 12.4 Å². The summed E-state index contributed by atoms with van der Waals surface area (Å²) in [6.07, 6.45) is 3.40. The van der Waals surface area contributed by atoms with Gasteiger partial charge in [-0.1, -0.05) is 36.8 Å². The zero-order chi connectivity index (χ0) is 14.4. The Kier molecular flexibility index (Phi) is 7.40. The Morgan fingerprint density at radius 3 is 2.86 bits per heavy atom. The monoisotopic (exact) mass is 312 g/mol. The van der Waals surface area contributed by atoms with Gasteiger partial charge in [0.25, 0.3) is 0 Å². The minimum Gasteiger partial charge on any atom is -0.352 e. The quantitative estimate of drug-likeness (QED) is 0.821.